The number of benzene rings is 1. The molecule has 1 aromatic carbocycles. The van der Waals surface area contributed by atoms with Crippen LogP contribution in [-0.4, -0.2) is 49.5 Å². The van der Waals surface area contributed by atoms with E-state index in [2.05, 4.69) is 4.90 Å². The Morgan fingerprint density at radius 1 is 1.22 bits per heavy atom. The van der Waals surface area contributed by atoms with Gasteiger partial charge < -0.3 is 15.4 Å². The highest BCUT2D eigenvalue weighted by Crippen LogP contribution is 2.23. The van der Waals surface area contributed by atoms with Crippen LogP contribution in [0.15, 0.2) is 24.3 Å². The summed E-state index contributed by atoms with van der Waals surface area (Å²) in [5, 5.41) is 0. The summed E-state index contributed by atoms with van der Waals surface area (Å²) in [6.07, 6.45) is 2.52. The molecule has 2 fully saturated rings. The molecule has 0 radical (unpaired) electrons. The molecule has 2 aliphatic rings. The molecule has 2 aliphatic heterocycles. The Bertz CT molecular complexity index is 496. The lowest BCUT2D eigenvalue weighted by atomic mass is 9.90. The van der Waals surface area contributed by atoms with E-state index in [-0.39, 0.29) is 11.9 Å². The first-order valence-corrected chi connectivity index (χ1v) is 8.60. The second kappa shape index (κ2) is 7.69. The van der Waals surface area contributed by atoms with Crippen LogP contribution in [0.3, 0.4) is 0 Å². The number of nitrogens with two attached hydrogens (primary N) is 1. The van der Waals surface area contributed by atoms with Crippen molar-refractivity contribution in [3.8, 4) is 0 Å². The zero-order valence-electron chi connectivity index (χ0n) is 13.5. The molecule has 2 heterocycles. The van der Waals surface area contributed by atoms with Crippen molar-refractivity contribution in [2.75, 3.05) is 26.2 Å². The third-order valence-corrected chi connectivity index (χ3v) is 5.05. The summed E-state index contributed by atoms with van der Waals surface area (Å²) in [5.41, 5.74) is 7.12. The average Bonchev–Trinajstić information content (AvgIpc) is 2.54. The van der Waals surface area contributed by atoms with Gasteiger partial charge in [-0.15, -0.1) is 0 Å². The predicted octanol–water partition coefficient (Wildman–Crippen LogP) is 2.53. The highest BCUT2D eigenvalue weighted by Gasteiger charge is 2.33. The molecule has 128 valence electrons. The third-order valence-electron chi connectivity index (χ3n) is 5.05. The van der Waals surface area contributed by atoms with E-state index in [4.69, 9.17) is 10.5 Å². The lowest BCUT2D eigenvalue weighted by molar-refractivity contribution is -0.0534. The van der Waals surface area contributed by atoms with Crippen molar-refractivity contribution in [1.29, 1.82) is 0 Å². The van der Waals surface area contributed by atoms with Crippen LogP contribution < -0.4 is 5.73 Å². The minimum atomic E-state index is -0.950. The van der Waals surface area contributed by atoms with Crippen LogP contribution >= 0.6 is 0 Å². The van der Waals surface area contributed by atoms with Gasteiger partial charge in [-0.25, -0.2) is 8.78 Å². The topological polar surface area (TPSA) is 38.5 Å². The summed E-state index contributed by atoms with van der Waals surface area (Å²) in [7, 11) is 0. The number of halogens is 2. The van der Waals surface area contributed by atoms with Crippen molar-refractivity contribution in [2.45, 2.75) is 44.0 Å². The molecule has 3 rings (SSSR count). The molecule has 0 saturated carbocycles. The zero-order valence-corrected chi connectivity index (χ0v) is 13.5. The third kappa shape index (κ3) is 4.49. The Balaban J connectivity index is 1.52. The van der Waals surface area contributed by atoms with Gasteiger partial charge in [0.2, 0.25) is 0 Å². The lowest BCUT2D eigenvalue weighted by Gasteiger charge is -2.38. The van der Waals surface area contributed by atoms with Gasteiger partial charge in [0.15, 0.2) is 0 Å². The SMILES string of the molecule is N[C@@H]1[C@@H](F)CCO[C@@H]1CN1CCCC(Cc2ccc(F)cc2)C1. The van der Waals surface area contributed by atoms with Gasteiger partial charge in [0.25, 0.3) is 0 Å². The molecule has 1 aromatic rings. The lowest BCUT2D eigenvalue weighted by Crippen LogP contribution is -2.54. The maximum atomic E-state index is 13.7. The molecule has 0 bridgehead atoms. The molecule has 3 nitrogen and oxygen atoms in total. The molecule has 23 heavy (non-hydrogen) atoms. The van der Waals surface area contributed by atoms with E-state index in [1.807, 2.05) is 12.1 Å². The Labute approximate surface area is 136 Å². The molecular weight excluding hydrogens is 298 g/mol. The van der Waals surface area contributed by atoms with E-state index in [1.165, 1.54) is 24.1 Å². The maximum absolute atomic E-state index is 13.7. The van der Waals surface area contributed by atoms with Crippen LogP contribution in [0.4, 0.5) is 8.78 Å². The van der Waals surface area contributed by atoms with Crippen molar-refractivity contribution in [1.82, 2.24) is 4.90 Å². The quantitative estimate of drug-likeness (QED) is 0.925. The molecule has 0 spiro atoms. The van der Waals surface area contributed by atoms with E-state index in [9.17, 15) is 8.78 Å². The van der Waals surface area contributed by atoms with E-state index < -0.39 is 12.2 Å². The number of ether oxygens (including phenoxy) is 1. The summed E-state index contributed by atoms with van der Waals surface area (Å²) in [6.45, 7) is 3.16. The van der Waals surface area contributed by atoms with Crippen LogP contribution in [0.2, 0.25) is 0 Å². The number of rotatable bonds is 4. The van der Waals surface area contributed by atoms with Gasteiger partial charge in [-0.2, -0.15) is 0 Å². The minimum Gasteiger partial charge on any atom is -0.375 e. The monoisotopic (exact) mass is 324 g/mol. The predicted molar refractivity (Wildman–Crippen MR) is 86.5 cm³/mol. The highest BCUT2D eigenvalue weighted by atomic mass is 19.1. The van der Waals surface area contributed by atoms with Crippen molar-refractivity contribution in [2.24, 2.45) is 11.7 Å². The second-order valence-electron chi connectivity index (χ2n) is 6.89. The summed E-state index contributed by atoms with van der Waals surface area (Å²) >= 11 is 0. The highest BCUT2D eigenvalue weighted by molar-refractivity contribution is 5.16. The summed E-state index contributed by atoms with van der Waals surface area (Å²) in [5.74, 6) is 0.360. The standard InChI is InChI=1S/C18H26F2N2O/c19-15-5-3-13(4-6-15)10-14-2-1-8-22(11-14)12-17-18(21)16(20)7-9-23-17/h3-6,14,16-18H,1-2,7-12,21H2/t14?,16-,17+,18+/m0/s1. The molecule has 1 unspecified atom stereocenters. The number of alkyl halides is 1. The van der Waals surface area contributed by atoms with E-state index >= 15 is 0 Å². The van der Waals surface area contributed by atoms with E-state index in [0.29, 0.717) is 25.5 Å². The first-order chi connectivity index (χ1) is 11.1. The van der Waals surface area contributed by atoms with Gasteiger partial charge in [0.05, 0.1) is 12.1 Å². The molecule has 4 atom stereocenters. The number of hydrogen-bond acceptors (Lipinski definition) is 3. The average molecular weight is 324 g/mol. The van der Waals surface area contributed by atoms with Gasteiger partial charge in [-0.3, -0.25) is 0 Å². The van der Waals surface area contributed by atoms with Crippen LogP contribution in [0, 0.1) is 11.7 Å². The molecular formula is C18H26F2N2O. The number of likely N-dealkylation sites (tertiary alicyclic amines) is 1. The van der Waals surface area contributed by atoms with Crippen molar-refractivity contribution in [3.63, 3.8) is 0 Å². The van der Waals surface area contributed by atoms with E-state index in [1.54, 1.807) is 0 Å². The zero-order chi connectivity index (χ0) is 16.2. The number of nitrogens with zero attached hydrogens (tertiary/aromatic N) is 1. The Morgan fingerprint density at radius 2 is 2.00 bits per heavy atom. The van der Waals surface area contributed by atoms with Crippen LogP contribution in [0.1, 0.15) is 24.8 Å². The fraction of sp³-hybridized carbons (Fsp3) is 0.667. The van der Waals surface area contributed by atoms with Gasteiger partial charge >= 0.3 is 0 Å². The van der Waals surface area contributed by atoms with Crippen molar-refractivity contribution < 1.29 is 13.5 Å². The first-order valence-electron chi connectivity index (χ1n) is 8.60. The fourth-order valence-electron chi connectivity index (χ4n) is 3.73. The second-order valence-corrected chi connectivity index (χ2v) is 6.89. The van der Waals surface area contributed by atoms with Crippen molar-refractivity contribution >= 4 is 0 Å². The molecule has 2 N–H and O–H groups in total. The molecule has 0 amide bonds. The van der Waals surface area contributed by atoms with Gasteiger partial charge in [-0.1, -0.05) is 12.1 Å². The van der Waals surface area contributed by atoms with Gasteiger partial charge in [0.1, 0.15) is 12.0 Å². The fourth-order valence-corrected chi connectivity index (χ4v) is 3.73. The molecule has 0 aromatic heterocycles. The smallest absolute Gasteiger partial charge is 0.123 e. The Morgan fingerprint density at radius 3 is 2.78 bits per heavy atom. The van der Waals surface area contributed by atoms with Crippen LogP contribution in [-0.2, 0) is 11.2 Å². The minimum absolute atomic E-state index is 0.191. The van der Waals surface area contributed by atoms with Crippen LogP contribution in [0.25, 0.3) is 0 Å². The van der Waals surface area contributed by atoms with Crippen molar-refractivity contribution in [3.05, 3.63) is 35.6 Å². The number of hydrogen-bond donors (Lipinski definition) is 1. The Kier molecular flexibility index (Phi) is 5.62. The Hall–Kier alpha value is -1.04. The van der Waals surface area contributed by atoms with E-state index in [0.717, 1.165) is 25.9 Å². The summed E-state index contributed by atoms with van der Waals surface area (Å²) < 4.78 is 32.4. The summed E-state index contributed by atoms with van der Waals surface area (Å²) in [4.78, 5) is 2.35. The first kappa shape index (κ1) is 16.8. The van der Waals surface area contributed by atoms with Gasteiger partial charge in [-0.05, 0) is 49.4 Å². The molecule has 5 heteroatoms. The molecule has 0 aliphatic carbocycles. The van der Waals surface area contributed by atoms with Gasteiger partial charge in [0, 0.05) is 26.1 Å². The summed E-state index contributed by atoms with van der Waals surface area (Å²) in [6, 6.07) is 6.25. The van der Waals surface area contributed by atoms with Crippen LogP contribution in [0.5, 0.6) is 0 Å². The normalized spacial score (nSPS) is 32.8. The number of piperidine rings is 1. The maximum Gasteiger partial charge on any atom is 0.123 e. The largest absolute Gasteiger partial charge is 0.375 e. The molecule has 2 saturated heterocycles.